The largest absolute Gasteiger partial charge is 0.356 e. The molecule has 1 aliphatic heterocycles. The molecule has 5 rings (SSSR count). The van der Waals surface area contributed by atoms with Gasteiger partial charge in [-0.3, -0.25) is 0 Å². The minimum absolute atomic E-state index is 0.290. The van der Waals surface area contributed by atoms with Crippen LogP contribution in [0.1, 0.15) is 24.6 Å². The summed E-state index contributed by atoms with van der Waals surface area (Å²) in [6.07, 6.45) is 4.67. The Kier molecular flexibility index (Phi) is 4.24. The predicted octanol–water partition coefficient (Wildman–Crippen LogP) is 3.29. The molecule has 0 aliphatic carbocycles. The zero-order chi connectivity index (χ0) is 20.0. The van der Waals surface area contributed by atoms with Crippen LogP contribution < -0.4 is 4.90 Å². The summed E-state index contributed by atoms with van der Waals surface area (Å²) in [6, 6.07) is 13.1. The van der Waals surface area contributed by atoms with Gasteiger partial charge in [0.05, 0.1) is 21.4 Å². The fraction of sp³-hybridized carbons (Fsp3) is 0.286. The van der Waals surface area contributed by atoms with Crippen molar-refractivity contribution in [1.29, 1.82) is 0 Å². The number of imidazole rings is 1. The zero-order valence-electron chi connectivity index (χ0n) is 16.0. The summed E-state index contributed by atoms with van der Waals surface area (Å²) in [6.45, 7) is 1.66. The Hall–Kier alpha value is -3.00. The quantitative estimate of drug-likeness (QED) is 0.560. The maximum Gasteiger partial charge on any atom is 0.175 e. The summed E-state index contributed by atoms with van der Waals surface area (Å²) in [4.78, 5) is 19.5. The van der Waals surface area contributed by atoms with E-state index in [0.717, 1.165) is 59.5 Å². The van der Waals surface area contributed by atoms with Crippen molar-refractivity contribution in [3.8, 4) is 0 Å². The Labute approximate surface area is 168 Å². The number of benzene rings is 2. The highest BCUT2D eigenvalue weighted by molar-refractivity contribution is 7.90. The molecule has 1 fully saturated rings. The van der Waals surface area contributed by atoms with E-state index in [9.17, 15) is 8.42 Å². The first-order chi connectivity index (χ1) is 14.0. The third-order valence-corrected chi connectivity index (χ3v) is 6.71. The van der Waals surface area contributed by atoms with Gasteiger partial charge in [-0.1, -0.05) is 12.1 Å². The van der Waals surface area contributed by atoms with Crippen molar-refractivity contribution in [2.75, 3.05) is 24.2 Å². The van der Waals surface area contributed by atoms with E-state index >= 15 is 0 Å². The lowest BCUT2D eigenvalue weighted by Crippen LogP contribution is -2.34. The zero-order valence-corrected chi connectivity index (χ0v) is 16.9. The van der Waals surface area contributed by atoms with E-state index in [0.29, 0.717) is 10.8 Å². The van der Waals surface area contributed by atoms with Crippen molar-refractivity contribution in [3.63, 3.8) is 0 Å². The third-order valence-electron chi connectivity index (χ3n) is 5.60. The van der Waals surface area contributed by atoms with Crippen molar-refractivity contribution in [1.82, 2.24) is 19.9 Å². The van der Waals surface area contributed by atoms with E-state index < -0.39 is 9.84 Å². The molecule has 8 heteroatoms. The molecule has 4 aromatic rings. The van der Waals surface area contributed by atoms with Gasteiger partial charge in [0.15, 0.2) is 9.84 Å². The van der Waals surface area contributed by atoms with Crippen molar-refractivity contribution in [2.45, 2.75) is 23.7 Å². The summed E-state index contributed by atoms with van der Waals surface area (Å²) in [7, 11) is -3.29. The van der Waals surface area contributed by atoms with Gasteiger partial charge in [-0.2, -0.15) is 0 Å². The lowest BCUT2D eigenvalue weighted by molar-refractivity contribution is 0.488. The third kappa shape index (κ3) is 3.33. The summed E-state index contributed by atoms with van der Waals surface area (Å²) in [5.74, 6) is 2.21. The predicted molar refractivity (Wildman–Crippen MR) is 113 cm³/mol. The Morgan fingerprint density at radius 1 is 1.03 bits per heavy atom. The van der Waals surface area contributed by atoms with Gasteiger partial charge in [0.25, 0.3) is 0 Å². The molecule has 0 saturated carbocycles. The number of anilines is 1. The fourth-order valence-corrected chi connectivity index (χ4v) is 4.68. The molecule has 0 radical (unpaired) electrons. The first-order valence-corrected chi connectivity index (χ1v) is 11.5. The Bertz CT molecular complexity index is 1270. The topological polar surface area (TPSA) is 91.8 Å². The second kappa shape index (κ2) is 6.81. The van der Waals surface area contributed by atoms with Crippen LogP contribution in [-0.2, 0) is 9.84 Å². The van der Waals surface area contributed by atoms with Crippen LogP contribution in [0, 0.1) is 0 Å². The van der Waals surface area contributed by atoms with E-state index in [4.69, 9.17) is 4.98 Å². The molecular weight excluding hydrogens is 386 g/mol. The van der Waals surface area contributed by atoms with Crippen LogP contribution in [0.25, 0.3) is 21.9 Å². The molecule has 1 N–H and O–H groups in total. The monoisotopic (exact) mass is 407 g/mol. The van der Waals surface area contributed by atoms with Crippen LogP contribution in [0.15, 0.2) is 53.7 Å². The van der Waals surface area contributed by atoms with Crippen molar-refractivity contribution >= 4 is 37.6 Å². The average Bonchev–Trinajstić information content (AvgIpc) is 3.17. The summed E-state index contributed by atoms with van der Waals surface area (Å²) < 4.78 is 23.9. The maximum atomic E-state index is 12.0. The summed E-state index contributed by atoms with van der Waals surface area (Å²) in [5, 5.41) is 0.776. The van der Waals surface area contributed by atoms with Gasteiger partial charge in [-0.15, -0.1) is 0 Å². The number of nitrogens with one attached hydrogen (secondary N) is 1. The highest BCUT2D eigenvalue weighted by Gasteiger charge is 2.25. The molecule has 148 valence electrons. The molecule has 0 spiro atoms. The highest BCUT2D eigenvalue weighted by Crippen LogP contribution is 2.32. The van der Waals surface area contributed by atoms with E-state index in [1.54, 1.807) is 24.5 Å². The minimum Gasteiger partial charge on any atom is -0.356 e. The standard InChI is InChI=1S/C21H21N5O2S/c1-29(27,28)15-6-7-17-16(12-15)21(23-13-22-17)26-10-8-14(9-11-26)20-24-18-4-2-3-5-19(18)25-20/h2-7,12-14H,8-11H2,1H3,(H,24,25). The Balaban J connectivity index is 1.42. The van der Waals surface area contributed by atoms with Gasteiger partial charge in [0, 0.05) is 30.6 Å². The van der Waals surface area contributed by atoms with Crippen LogP contribution >= 0.6 is 0 Å². The number of nitrogens with zero attached hydrogens (tertiary/aromatic N) is 4. The molecule has 7 nitrogen and oxygen atoms in total. The summed E-state index contributed by atoms with van der Waals surface area (Å²) in [5.41, 5.74) is 2.82. The van der Waals surface area contributed by atoms with Crippen molar-refractivity contribution in [2.24, 2.45) is 0 Å². The number of hydrogen-bond acceptors (Lipinski definition) is 6. The Morgan fingerprint density at radius 3 is 2.59 bits per heavy atom. The minimum atomic E-state index is -3.29. The van der Waals surface area contributed by atoms with Crippen LogP contribution in [0.4, 0.5) is 5.82 Å². The molecule has 0 amide bonds. The smallest absolute Gasteiger partial charge is 0.175 e. The number of aromatic amines is 1. The fourth-order valence-electron chi connectivity index (χ4n) is 4.04. The number of H-pyrrole nitrogens is 1. The number of sulfone groups is 1. The number of piperidine rings is 1. The van der Waals surface area contributed by atoms with E-state index in [2.05, 4.69) is 19.9 Å². The molecule has 29 heavy (non-hydrogen) atoms. The van der Waals surface area contributed by atoms with E-state index in [1.165, 1.54) is 6.26 Å². The molecular formula is C21H21N5O2S. The van der Waals surface area contributed by atoms with Gasteiger partial charge < -0.3 is 9.88 Å². The van der Waals surface area contributed by atoms with Crippen LogP contribution in [0.2, 0.25) is 0 Å². The number of fused-ring (bicyclic) bond motifs is 2. The van der Waals surface area contributed by atoms with Crippen molar-refractivity contribution < 1.29 is 8.42 Å². The van der Waals surface area contributed by atoms with Gasteiger partial charge >= 0.3 is 0 Å². The lowest BCUT2D eigenvalue weighted by atomic mass is 9.96. The van der Waals surface area contributed by atoms with Gasteiger partial charge in [0.2, 0.25) is 0 Å². The number of hydrogen-bond donors (Lipinski definition) is 1. The maximum absolute atomic E-state index is 12.0. The van der Waals surface area contributed by atoms with Gasteiger partial charge in [-0.05, 0) is 43.2 Å². The molecule has 2 aromatic carbocycles. The Morgan fingerprint density at radius 2 is 1.83 bits per heavy atom. The molecule has 2 aromatic heterocycles. The van der Waals surface area contributed by atoms with E-state index in [-0.39, 0.29) is 0 Å². The second-order valence-electron chi connectivity index (χ2n) is 7.55. The summed E-state index contributed by atoms with van der Waals surface area (Å²) >= 11 is 0. The van der Waals surface area contributed by atoms with Crippen molar-refractivity contribution in [3.05, 3.63) is 54.6 Å². The number of para-hydroxylation sites is 2. The first kappa shape index (κ1) is 18.1. The molecule has 0 atom stereocenters. The second-order valence-corrected chi connectivity index (χ2v) is 9.56. The van der Waals surface area contributed by atoms with Crippen LogP contribution in [0.5, 0.6) is 0 Å². The molecule has 3 heterocycles. The molecule has 0 bridgehead atoms. The number of rotatable bonds is 3. The first-order valence-electron chi connectivity index (χ1n) is 9.63. The molecule has 1 aliphatic rings. The number of aromatic nitrogens is 4. The normalized spacial score (nSPS) is 16.0. The van der Waals surface area contributed by atoms with Crippen LogP contribution in [-0.4, -0.2) is 47.7 Å². The SMILES string of the molecule is CS(=O)(=O)c1ccc2ncnc(N3CCC(c4nc5ccccc5[nH]4)CC3)c2c1. The van der Waals surface area contributed by atoms with Gasteiger partial charge in [-0.25, -0.2) is 23.4 Å². The molecule has 1 saturated heterocycles. The average molecular weight is 407 g/mol. The lowest BCUT2D eigenvalue weighted by Gasteiger charge is -2.32. The van der Waals surface area contributed by atoms with Gasteiger partial charge in [0.1, 0.15) is 18.0 Å². The molecule has 0 unspecified atom stereocenters. The highest BCUT2D eigenvalue weighted by atomic mass is 32.2. The van der Waals surface area contributed by atoms with Crippen LogP contribution in [0.3, 0.4) is 0 Å². The van der Waals surface area contributed by atoms with E-state index in [1.807, 2.05) is 24.3 Å².